The SMILES string of the molecule is Cc1ccc(C(=O)CSc2nnc([C@@H](C)Oc3ccccc3F)o2)s1. The summed E-state index contributed by atoms with van der Waals surface area (Å²) in [6.07, 6.45) is -0.602. The number of halogens is 1. The number of nitrogens with zero attached hydrogens (tertiary/aromatic N) is 2. The number of ether oxygens (including phenoxy) is 1. The number of rotatable bonds is 7. The third-order valence-corrected chi connectivity index (χ3v) is 5.11. The smallest absolute Gasteiger partial charge is 0.277 e. The fourth-order valence-corrected chi connectivity index (χ4v) is 3.56. The van der Waals surface area contributed by atoms with Crippen LogP contribution in [0.3, 0.4) is 0 Å². The van der Waals surface area contributed by atoms with Crippen LogP contribution in [-0.2, 0) is 0 Å². The van der Waals surface area contributed by atoms with Gasteiger partial charge in [0, 0.05) is 4.88 Å². The van der Waals surface area contributed by atoms with Crippen LogP contribution in [0.5, 0.6) is 5.75 Å². The van der Waals surface area contributed by atoms with Crippen molar-refractivity contribution in [3.8, 4) is 5.75 Å². The Bertz CT molecular complexity index is 878. The molecule has 1 aromatic carbocycles. The minimum absolute atomic E-state index is 0.0125. The number of aryl methyl sites for hydroxylation is 1. The molecule has 0 spiro atoms. The maximum Gasteiger partial charge on any atom is 0.277 e. The van der Waals surface area contributed by atoms with Gasteiger partial charge in [0.05, 0.1) is 10.6 Å². The number of benzene rings is 1. The third-order valence-electron chi connectivity index (χ3n) is 3.25. The molecule has 2 heterocycles. The van der Waals surface area contributed by atoms with Crippen LogP contribution in [0.2, 0.25) is 0 Å². The first kappa shape index (κ1) is 17.6. The normalized spacial score (nSPS) is 12.1. The Morgan fingerprint density at radius 3 is 2.84 bits per heavy atom. The predicted octanol–water partition coefficient (Wildman–Crippen LogP) is 4.69. The van der Waals surface area contributed by atoms with Gasteiger partial charge in [-0.3, -0.25) is 4.79 Å². The van der Waals surface area contributed by atoms with E-state index in [9.17, 15) is 9.18 Å². The number of aromatic nitrogens is 2. The molecule has 0 N–H and O–H groups in total. The maximum atomic E-state index is 13.6. The van der Waals surface area contributed by atoms with Crippen LogP contribution in [0.4, 0.5) is 4.39 Å². The van der Waals surface area contributed by atoms with E-state index in [0.717, 1.165) is 4.88 Å². The lowest BCUT2D eigenvalue weighted by molar-refractivity contribution is 0.102. The number of carbonyl (C=O) groups excluding carboxylic acids is 1. The molecule has 25 heavy (non-hydrogen) atoms. The Labute approximate surface area is 152 Å². The van der Waals surface area contributed by atoms with Crippen molar-refractivity contribution in [1.29, 1.82) is 0 Å². The number of para-hydroxylation sites is 1. The molecule has 1 atom stereocenters. The second kappa shape index (κ2) is 7.79. The van der Waals surface area contributed by atoms with E-state index in [0.29, 0.717) is 4.88 Å². The zero-order valence-electron chi connectivity index (χ0n) is 13.6. The van der Waals surface area contributed by atoms with Crippen molar-refractivity contribution < 1.29 is 18.3 Å². The van der Waals surface area contributed by atoms with Crippen LogP contribution in [0.15, 0.2) is 46.0 Å². The molecular formula is C17H15FN2O3S2. The lowest BCUT2D eigenvalue weighted by Crippen LogP contribution is -2.04. The lowest BCUT2D eigenvalue weighted by atomic mass is 10.3. The van der Waals surface area contributed by atoms with Gasteiger partial charge < -0.3 is 9.15 Å². The molecular weight excluding hydrogens is 363 g/mol. The summed E-state index contributed by atoms with van der Waals surface area (Å²) < 4.78 is 24.6. The molecule has 2 aromatic heterocycles. The Morgan fingerprint density at radius 2 is 2.12 bits per heavy atom. The van der Waals surface area contributed by atoms with E-state index in [-0.39, 0.29) is 28.4 Å². The van der Waals surface area contributed by atoms with Gasteiger partial charge in [0.25, 0.3) is 11.1 Å². The monoisotopic (exact) mass is 378 g/mol. The molecule has 0 saturated heterocycles. The van der Waals surface area contributed by atoms with Crippen molar-refractivity contribution in [1.82, 2.24) is 10.2 Å². The predicted molar refractivity (Wildman–Crippen MR) is 93.9 cm³/mol. The van der Waals surface area contributed by atoms with Crippen LogP contribution in [0.25, 0.3) is 0 Å². The van der Waals surface area contributed by atoms with Gasteiger partial charge >= 0.3 is 0 Å². The Kier molecular flexibility index (Phi) is 5.50. The van der Waals surface area contributed by atoms with Gasteiger partial charge in [-0.25, -0.2) is 4.39 Å². The first-order chi connectivity index (χ1) is 12.0. The Balaban J connectivity index is 1.58. The van der Waals surface area contributed by atoms with Gasteiger partial charge in [-0.1, -0.05) is 23.9 Å². The van der Waals surface area contributed by atoms with E-state index in [4.69, 9.17) is 9.15 Å². The molecule has 130 valence electrons. The zero-order valence-corrected chi connectivity index (χ0v) is 15.2. The van der Waals surface area contributed by atoms with Gasteiger partial charge in [-0.05, 0) is 38.1 Å². The highest BCUT2D eigenvalue weighted by Crippen LogP contribution is 2.26. The van der Waals surface area contributed by atoms with Crippen molar-refractivity contribution in [2.24, 2.45) is 0 Å². The Hall–Kier alpha value is -2.19. The summed E-state index contributed by atoms with van der Waals surface area (Å²) in [5.41, 5.74) is 0. The summed E-state index contributed by atoms with van der Waals surface area (Å²) in [5, 5.41) is 8.08. The number of ketones is 1. The molecule has 5 nitrogen and oxygen atoms in total. The van der Waals surface area contributed by atoms with E-state index in [1.165, 1.54) is 35.2 Å². The van der Waals surface area contributed by atoms with E-state index in [1.54, 1.807) is 19.1 Å². The molecule has 0 fully saturated rings. The number of thiophene rings is 1. The van der Waals surface area contributed by atoms with Gasteiger partial charge in [0.2, 0.25) is 0 Å². The fourth-order valence-electron chi connectivity index (χ4n) is 2.01. The van der Waals surface area contributed by atoms with Crippen LogP contribution in [0.1, 0.15) is 33.5 Å². The van der Waals surface area contributed by atoms with Crippen molar-refractivity contribution >= 4 is 28.9 Å². The first-order valence-corrected chi connectivity index (χ1v) is 9.30. The highest BCUT2D eigenvalue weighted by molar-refractivity contribution is 7.99. The number of hydrogen-bond donors (Lipinski definition) is 0. The molecule has 0 saturated carbocycles. The number of thioether (sulfide) groups is 1. The first-order valence-electron chi connectivity index (χ1n) is 7.50. The Morgan fingerprint density at radius 1 is 1.32 bits per heavy atom. The topological polar surface area (TPSA) is 65.2 Å². The lowest BCUT2D eigenvalue weighted by Gasteiger charge is -2.11. The van der Waals surface area contributed by atoms with E-state index in [2.05, 4.69) is 10.2 Å². The quantitative estimate of drug-likeness (QED) is 0.439. The largest absolute Gasteiger partial charge is 0.478 e. The second-order valence-electron chi connectivity index (χ2n) is 5.22. The maximum absolute atomic E-state index is 13.6. The van der Waals surface area contributed by atoms with Gasteiger partial charge in [0.15, 0.2) is 23.5 Å². The molecule has 0 radical (unpaired) electrons. The molecule has 0 bridgehead atoms. The van der Waals surface area contributed by atoms with Crippen LogP contribution in [-0.4, -0.2) is 21.7 Å². The van der Waals surface area contributed by atoms with E-state index < -0.39 is 11.9 Å². The minimum atomic E-state index is -0.602. The summed E-state index contributed by atoms with van der Waals surface area (Å²) in [6.45, 7) is 3.64. The highest BCUT2D eigenvalue weighted by Gasteiger charge is 2.18. The van der Waals surface area contributed by atoms with Crippen LogP contribution < -0.4 is 4.74 Å². The molecule has 0 amide bonds. The van der Waals surface area contributed by atoms with Crippen molar-refractivity contribution in [3.05, 3.63) is 57.9 Å². The second-order valence-corrected chi connectivity index (χ2v) is 7.43. The molecule has 0 aliphatic heterocycles. The summed E-state index contributed by atoms with van der Waals surface area (Å²) in [5.74, 6) is 0.110. The van der Waals surface area contributed by atoms with Crippen molar-refractivity contribution in [3.63, 3.8) is 0 Å². The van der Waals surface area contributed by atoms with Crippen molar-refractivity contribution in [2.45, 2.75) is 25.2 Å². The number of Topliss-reactive ketones (excluding diaryl/α,β-unsaturated/α-hetero) is 1. The van der Waals surface area contributed by atoms with Crippen LogP contribution >= 0.6 is 23.1 Å². The number of carbonyl (C=O) groups is 1. The van der Waals surface area contributed by atoms with Gasteiger partial charge in [-0.15, -0.1) is 21.5 Å². The van der Waals surface area contributed by atoms with Crippen molar-refractivity contribution in [2.75, 3.05) is 5.75 Å². The summed E-state index contributed by atoms with van der Waals surface area (Å²) in [4.78, 5) is 13.9. The summed E-state index contributed by atoms with van der Waals surface area (Å²) in [6, 6.07) is 9.83. The highest BCUT2D eigenvalue weighted by atomic mass is 32.2. The van der Waals surface area contributed by atoms with Gasteiger partial charge in [0.1, 0.15) is 0 Å². The van der Waals surface area contributed by atoms with Gasteiger partial charge in [-0.2, -0.15) is 0 Å². The van der Waals surface area contributed by atoms with E-state index >= 15 is 0 Å². The third kappa shape index (κ3) is 4.46. The molecule has 3 rings (SSSR count). The number of hydrogen-bond acceptors (Lipinski definition) is 7. The standard InChI is InChI=1S/C17H15FN2O3S2/c1-10-7-8-15(25-10)13(21)9-24-17-20-19-16(23-17)11(2)22-14-6-4-3-5-12(14)18/h3-8,11H,9H2,1-2H3/t11-/m1/s1. The summed E-state index contributed by atoms with van der Waals surface area (Å²) >= 11 is 2.63. The molecule has 8 heteroatoms. The molecule has 0 unspecified atom stereocenters. The zero-order chi connectivity index (χ0) is 17.8. The van der Waals surface area contributed by atoms with Crippen LogP contribution in [0, 0.1) is 12.7 Å². The van der Waals surface area contributed by atoms with E-state index in [1.807, 2.05) is 19.1 Å². The summed E-state index contributed by atoms with van der Waals surface area (Å²) in [7, 11) is 0. The molecule has 0 aliphatic carbocycles. The fraction of sp³-hybridized carbons (Fsp3) is 0.235. The average Bonchev–Trinajstić information content (AvgIpc) is 3.24. The minimum Gasteiger partial charge on any atom is -0.478 e. The average molecular weight is 378 g/mol. The molecule has 0 aliphatic rings. The molecule has 3 aromatic rings.